The largest absolute Gasteiger partial charge is 0.367 e. The van der Waals surface area contributed by atoms with E-state index in [2.05, 4.69) is 71.3 Å². The molecule has 4 heterocycles. The van der Waals surface area contributed by atoms with Crippen molar-refractivity contribution in [1.29, 1.82) is 0 Å². The van der Waals surface area contributed by atoms with Crippen molar-refractivity contribution in [1.82, 2.24) is 25.3 Å². The molecule has 1 amide bonds. The molecule has 3 aromatic rings. The van der Waals surface area contributed by atoms with Crippen LogP contribution in [0.4, 0.5) is 16.1 Å². The zero-order valence-corrected chi connectivity index (χ0v) is 22.5. The predicted molar refractivity (Wildman–Crippen MR) is 147 cm³/mol. The summed E-state index contributed by atoms with van der Waals surface area (Å²) >= 11 is 3.11. The molecular weight excluding hydrogens is 508 g/mol. The van der Waals surface area contributed by atoms with Crippen LogP contribution in [0, 0.1) is 0 Å². The molecule has 2 saturated heterocycles. The number of hydrogen-bond donors (Lipinski definition) is 2. The Morgan fingerprint density at radius 1 is 1.11 bits per heavy atom. The van der Waals surface area contributed by atoms with Crippen LogP contribution in [0.25, 0.3) is 0 Å². The monoisotopic (exact) mass is 540 g/mol. The second kappa shape index (κ2) is 12.6. The van der Waals surface area contributed by atoms with Gasteiger partial charge in [-0.15, -0.1) is 27.1 Å². The molecule has 2 atom stereocenters. The van der Waals surface area contributed by atoms with Crippen molar-refractivity contribution >= 4 is 45.1 Å². The molecule has 0 saturated carbocycles. The second-order valence-corrected chi connectivity index (χ2v) is 11.1. The van der Waals surface area contributed by atoms with Crippen LogP contribution in [0.15, 0.2) is 47.5 Å². The molecule has 2 aromatic heterocycles. The van der Waals surface area contributed by atoms with E-state index < -0.39 is 0 Å². The number of amides is 1. The zero-order chi connectivity index (χ0) is 25.5. The summed E-state index contributed by atoms with van der Waals surface area (Å²) in [7, 11) is 0. The van der Waals surface area contributed by atoms with E-state index in [1.54, 1.807) is 18.0 Å². The van der Waals surface area contributed by atoms with E-state index in [9.17, 15) is 4.79 Å². The fourth-order valence-corrected chi connectivity index (χ4v) is 6.12. The molecule has 1 unspecified atom stereocenters. The number of aromatic nitrogens is 4. The van der Waals surface area contributed by atoms with E-state index in [1.807, 2.05) is 12.1 Å². The average Bonchev–Trinajstić information content (AvgIpc) is 3.58. The number of anilines is 3. The van der Waals surface area contributed by atoms with Gasteiger partial charge in [0.2, 0.25) is 10.3 Å². The van der Waals surface area contributed by atoms with Crippen molar-refractivity contribution in [2.75, 3.05) is 54.6 Å². The molecule has 12 heteroatoms. The fourth-order valence-electron chi connectivity index (χ4n) is 4.77. The van der Waals surface area contributed by atoms with Crippen LogP contribution < -0.4 is 15.5 Å². The number of carbonyl (C=O) groups excluding carboxylic acids is 1. The summed E-state index contributed by atoms with van der Waals surface area (Å²) in [5, 5.41) is 23.8. The Kier molecular flexibility index (Phi) is 8.82. The van der Waals surface area contributed by atoms with Crippen molar-refractivity contribution in [2.24, 2.45) is 0 Å². The van der Waals surface area contributed by atoms with E-state index in [-0.39, 0.29) is 24.7 Å². The van der Waals surface area contributed by atoms with Crippen LogP contribution in [0.2, 0.25) is 0 Å². The maximum Gasteiger partial charge on any atom is 0.252 e. The van der Waals surface area contributed by atoms with Crippen molar-refractivity contribution < 1.29 is 9.53 Å². The Morgan fingerprint density at radius 2 is 2.00 bits per heavy atom. The van der Waals surface area contributed by atoms with E-state index in [1.165, 1.54) is 21.8 Å². The summed E-state index contributed by atoms with van der Waals surface area (Å²) in [6, 6.07) is 12.6. The highest BCUT2D eigenvalue weighted by atomic mass is 32.2. The molecule has 0 aliphatic carbocycles. The second-order valence-electron chi connectivity index (χ2n) is 9.24. The first-order valence-corrected chi connectivity index (χ1v) is 14.6. The topological polar surface area (TPSA) is 108 Å². The Balaban J connectivity index is 1.04. The summed E-state index contributed by atoms with van der Waals surface area (Å²) in [5.74, 6) is 0.671. The lowest BCUT2D eigenvalue weighted by atomic mass is 10.1. The molecule has 196 valence electrons. The highest BCUT2D eigenvalue weighted by Gasteiger charge is 2.25. The quantitative estimate of drug-likeness (QED) is 0.372. The first-order valence-electron chi connectivity index (χ1n) is 12.5. The smallest absolute Gasteiger partial charge is 0.252 e. The number of nitrogens with one attached hydrogen (secondary N) is 2. The number of thioether (sulfide) groups is 1. The maximum atomic E-state index is 12.5. The molecule has 10 nitrogen and oxygen atoms in total. The predicted octanol–water partition coefficient (Wildman–Crippen LogP) is 3.36. The molecule has 1 aromatic carbocycles. The van der Waals surface area contributed by atoms with Gasteiger partial charge in [-0.05, 0) is 55.8 Å². The molecule has 2 fully saturated rings. The highest BCUT2D eigenvalue weighted by molar-refractivity contribution is 7.98. The summed E-state index contributed by atoms with van der Waals surface area (Å²) < 4.78 is 5.98. The van der Waals surface area contributed by atoms with Gasteiger partial charge in [0.1, 0.15) is 6.61 Å². The number of carbonyl (C=O) groups is 1. The summed E-state index contributed by atoms with van der Waals surface area (Å²) in [6.45, 7) is 4.51. The summed E-state index contributed by atoms with van der Waals surface area (Å²) in [6.07, 6.45) is 6.83. The molecule has 37 heavy (non-hydrogen) atoms. The molecule has 2 N–H and O–H groups in total. The third kappa shape index (κ3) is 7.16. The van der Waals surface area contributed by atoms with Gasteiger partial charge in [0.25, 0.3) is 5.91 Å². The number of nitrogens with zero attached hydrogens (tertiary/aromatic N) is 6. The van der Waals surface area contributed by atoms with Gasteiger partial charge in [-0.25, -0.2) is 0 Å². The Morgan fingerprint density at radius 3 is 2.86 bits per heavy atom. The first kappa shape index (κ1) is 25.8. The van der Waals surface area contributed by atoms with E-state index >= 15 is 0 Å². The van der Waals surface area contributed by atoms with E-state index in [4.69, 9.17) is 4.74 Å². The minimum absolute atomic E-state index is 0.0118. The third-order valence-corrected chi connectivity index (χ3v) is 8.18. The number of ether oxygens (including phenoxy) is 1. The van der Waals surface area contributed by atoms with Crippen molar-refractivity contribution in [3.05, 3.63) is 48.2 Å². The maximum absolute atomic E-state index is 12.5. The number of rotatable bonds is 10. The lowest BCUT2D eigenvalue weighted by molar-refractivity contribution is -0.123. The van der Waals surface area contributed by atoms with Gasteiger partial charge in [0.05, 0.1) is 6.10 Å². The van der Waals surface area contributed by atoms with E-state index in [0.717, 1.165) is 57.8 Å². The lowest BCUT2D eigenvalue weighted by Gasteiger charge is -2.32. The molecule has 0 radical (unpaired) electrons. The molecule has 2 aliphatic rings. The molecular formula is C25H32N8O2S2. The molecule has 5 rings (SSSR count). The average molecular weight is 541 g/mol. The summed E-state index contributed by atoms with van der Waals surface area (Å²) in [5.41, 5.74) is 1.34. The Hall–Kier alpha value is -2.80. The zero-order valence-electron chi connectivity index (χ0n) is 20.9. The van der Waals surface area contributed by atoms with Crippen molar-refractivity contribution in [3.8, 4) is 0 Å². The normalized spacial score (nSPS) is 20.2. The highest BCUT2D eigenvalue weighted by Crippen LogP contribution is 2.25. The number of piperidine rings is 1. The number of benzene rings is 1. The number of hydrogen-bond acceptors (Lipinski definition) is 11. The van der Waals surface area contributed by atoms with Crippen LogP contribution in [0.3, 0.4) is 0 Å². The van der Waals surface area contributed by atoms with Gasteiger partial charge in [-0.1, -0.05) is 29.5 Å². The Labute approximate surface area is 225 Å². The van der Waals surface area contributed by atoms with Gasteiger partial charge in [0.15, 0.2) is 5.82 Å². The minimum Gasteiger partial charge on any atom is -0.367 e. The van der Waals surface area contributed by atoms with Crippen LogP contribution in [-0.2, 0) is 16.1 Å². The van der Waals surface area contributed by atoms with Gasteiger partial charge in [-0.2, -0.15) is 5.10 Å². The molecule has 2 aliphatic heterocycles. The standard InChI is InChI=1S/C25H32N8O2S2/c1-36-21-8-3-2-6-18(21)14-32-12-5-7-20(16-32)35-17-23(34)28-25-31-30-24(37-25)27-19-10-13-33(15-19)22-9-4-11-26-29-22/h2-4,6,8-9,11,19-20H,5,7,10,12-17H2,1H3,(H,27,30)(H,28,31,34)/t19-,20?/m1/s1. The van der Waals surface area contributed by atoms with Gasteiger partial charge in [-0.3, -0.25) is 15.0 Å². The molecule has 0 bridgehead atoms. The lowest BCUT2D eigenvalue weighted by Crippen LogP contribution is -2.40. The SMILES string of the molecule is CSc1ccccc1CN1CCCC(OCC(=O)Nc2nnc(N[C@@H]3CCN(c4cccnn4)C3)s2)C1. The van der Waals surface area contributed by atoms with Crippen molar-refractivity contribution in [3.63, 3.8) is 0 Å². The van der Waals surface area contributed by atoms with Gasteiger partial charge >= 0.3 is 0 Å². The summed E-state index contributed by atoms with van der Waals surface area (Å²) in [4.78, 5) is 18.4. The van der Waals surface area contributed by atoms with Gasteiger partial charge < -0.3 is 15.0 Å². The fraction of sp³-hybridized carbons (Fsp3) is 0.480. The van der Waals surface area contributed by atoms with Crippen LogP contribution in [0.5, 0.6) is 0 Å². The van der Waals surface area contributed by atoms with Crippen molar-refractivity contribution in [2.45, 2.75) is 42.8 Å². The Bertz CT molecular complexity index is 1160. The first-order chi connectivity index (χ1) is 18.2. The molecule has 0 spiro atoms. The number of likely N-dealkylation sites (tertiary alicyclic amines) is 1. The van der Waals surface area contributed by atoms with Crippen LogP contribution in [-0.4, -0.2) is 82.4 Å². The third-order valence-electron chi connectivity index (χ3n) is 6.57. The van der Waals surface area contributed by atoms with Gasteiger partial charge in [0, 0.05) is 43.3 Å². The van der Waals surface area contributed by atoms with E-state index in [0.29, 0.717) is 10.3 Å². The van der Waals surface area contributed by atoms with Crippen LogP contribution >= 0.6 is 23.1 Å². The van der Waals surface area contributed by atoms with Crippen LogP contribution in [0.1, 0.15) is 24.8 Å². The minimum atomic E-state index is -0.206.